The Labute approximate surface area is 95.9 Å². The van der Waals surface area contributed by atoms with Crippen LogP contribution in [-0.4, -0.2) is 16.8 Å². The van der Waals surface area contributed by atoms with Crippen molar-refractivity contribution in [3.8, 4) is 0 Å². The van der Waals surface area contributed by atoms with Gasteiger partial charge in [-0.2, -0.15) is 5.10 Å². The molecule has 2 rings (SSSR count). The van der Waals surface area contributed by atoms with E-state index in [0.29, 0.717) is 6.07 Å². The van der Waals surface area contributed by atoms with Crippen LogP contribution in [0.25, 0.3) is 0 Å². The van der Waals surface area contributed by atoms with Gasteiger partial charge in [0.05, 0.1) is 18.4 Å². The van der Waals surface area contributed by atoms with Gasteiger partial charge in [-0.15, -0.1) is 0 Å². The highest BCUT2D eigenvalue weighted by molar-refractivity contribution is 5.37. The maximum Gasteiger partial charge on any atom is 0.161 e. The van der Waals surface area contributed by atoms with E-state index in [1.54, 1.807) is 19.4 Å². The molecule has 0 amide bonds. The second-order valence-electron chi connectivity index (χ2n) is 3.53. The Morgan fingerprint density at radius 2 is 1.88 bits per heavy atom. The van der Waals surface area contributed by atoms with Crippen LogP contribution in [0.1, 0.15) is 5.56 Å². The third-order valence-electron chi connectivity index (χ3n) is 2.34. The summed E-state index contributed by atoms with van der Waals surface area (Å²) in [4.78, 5) is 0. The summed E-state index contributed by atoms with van der Waals surface area (Å²) in [6.07, 6.45) is 3.19. The van der Waals surface area contributed by atoms with E-state index in [1.807, 2.05) is 0 Å². The lowest BCUT2D eigenvalue weighted by atomic mass is 10.2. The molecule has 2 aromatic rings. The number of nitrogens with zero attached hydrogens (tertiary/aromatic N) is 2. The van der Waals surface area contributed by atoms with E-state index in [9.17, 15) is 13.2 Å². The molecule has 0 unspecified atom stereocenters. The molecule has 0 spiro atoms. The van der Waals surface area contributed by atoms with Crippen molar-refractivity contribution >= 4 is 5.69 Å². The Balaban J connectivity index is 2.26. The molecule has 0 saturated carbocycles. The van der Waals surface area contributed by atoms with Crippen molar-refractivity contribution in [2.24, 2.45) is 0 Å². The zero-order valence-corrected chi connectivity index (χ0v) is 9.04. The molecule has 0 fully saturated rings. The van der Waals surface area contributed by atoms with Crippen molar-refractivity contribution in [2.45, 2.75) is 6.54 Å². The Morgan fingerprint density at radius 1 is 1.18 bits per heavy atom. The molecule has 0 aliphatic carbocycles. The number of hydrogen-bond acceptors (Lipinski definition) is 2. The summed E-state index contributed by atoms with van der Waals surface area (Å²) in [5.41, 5.74) is 0.808. The fourth-order valence-electron chi connectivity index (χ4n) is 1.44. The Hall–Kier alpha value is -1.98. The van der Waals surface area contributed by atoms with Gasteiger partial charge in [-0.3, -0.25) is 4.68 Å². The molecule has 0 radical (unpaired) electrons. The Kier molecular flexibility index (Phi) is 3.03. The van der Waals surface area contributed by atoms with Crippen LogP contribution < -0.4 is 5.32 Å². The summed E-state index contributed by atoms with van der Waals surface area (Å²) >= 11 is 0. The number of benzene rings is 1. The van der Waals surface area contributed by atoms with Gasteiger partial charge >= 0.3 is 0 Å². The molecule has 0 aliphatic heterocycles. The molecule has 90 valence electrons. The molecule has 1 N–H and O–H groups in total. The van der Waals surface area contributed by atoms with E-state index in [-0.39, 0.29) is 12.1 Å². The predicted octanol–water partition coefficient (Wildman–Crippen LogP) is 2.39. The van der Waals surface area contributed by atoms with Crippen LogP contribution >= 0.6 is 0 Å². The van der Waals surface area contributed by atoms with Crippen molar-refractivity contribution in [3.63, 3.8) is 0 Å². The SMILES string of the molecule is CNc1cnn(Cc2cc(F)c(F)cc2F)c1. The van der Waals surface area contributed by atoms with Gasteiger partial charge in [-0.1, -0.05) is 0 Å². The monoisotopic (exact) mass is 241 g/mol. The van der Waals surface area contributed by atoms with Crippen LogP contribution in [0.4, 0.5) is 18.9 Å². The average molecular weight is 241 g/mol. The largest absolute Gasteiger partial charge is 0.386 e. The number of rotatable bonds is 3. The van der Waals surface area contributed by atoms with Gasteiger partial charge in [0, 0.05) is 24.9 Å². The quantitative estimate of drug-likeness (QED) is 0.836. The molecule has 0 saturated heterocycles. The fraction of sp³-hybridized carbons (Fsp3) is 0.182. The van der Waals surface area contributed by atoms with Gasteiger partial charge in [0.15, 0.2) is 11.6 Å². The van der Waals surface area contributed by atoms with Gasteiger partial charge in [0.1, 0.15) is 5.82 Å². The number of halogens is 3. The van der Waals surface area contributed by atoms with Crippen molar-refractivity contribution in [1.29, 1.82) is 0 Å². The number of hydrogen-bond donors (Lipinski definition) is 1. The molecule has 6 heteroatoms. The first-order valence-corrected chi connectivity index (χ1v) is 4.94. The lowest BCUT2D eigenvalue weighted by molar-refractivity contribution is 0.486. The summed E-state index contributed by atoms with van der Waals surface area (Å²) in [5.74, 6) is -3.05. The van der Waals surface area contributed by atoms with Crippen molar-refractivity contribution in [2.75, 3.05) is 12.4 Å². The summed E-state index contributed by atoms with van der Waals surface area (Å²) in [7, 11) is 1.72. The summed E-state index contributed by atoms with van der Waals surface area (Å²) in [5, 5.41) is 6.80. The summed E-state index contributed by atoms with van der Waals surface area (Å²) < 4.78 is 40.4. The maximum atomic E-state index is 13.3. The Morgan fingerprint density at radius 3 is 2.53 bits per heavy atom. The van der Waals surface area contributed by atoms with Gasteiger partial charge in [0.25, 0.3) is 0 Å². The zero-order valence-electron chi connectivity index (χ0n) is 9.04. The minimum atomic E-state index is -1.19. The van der Waals surface area contributed by atoms with Gasteiger partial charge < -0.3 is 5.32 Å². The van der Waals surface area contributed by atoms with Crippen LogP contribution in [0.15, 0.2) is 24.5 Å². The van der Waals surface area contributed by atoms with Crippen molar-refractivity contribution < 1.29 is 13.2 Å². The molecule has 1 heterocycles. The number of nitrogens with one attached hydrogen (secondary N) is 1. The van der Waals surface area contributed by atoms with Crippen LogP contribution in [-0.2, 0) is 6.54 Å². The van der Waals surface area contributed by atoms with Gasteiger partial charge in [-0.25, -0.2) is 13.2 Å². The third-order valence-corrected chi connectivity index (χ3v) is 2.34. The molecular weight excluding hydrogens is 231 g/mol. The molecule has 17 heavy (non-hydrogen) atoms. The van der Waals surface area contributed by atoms with E-state index >= 15 is 0 Å². The van der Waals surface area contributed by atoms with Crippen molar-refractivity contribution in [1.82, 2.24) is 9.78 Å². The molecular formula is C11H10F3N3. The minimum absolute atomic E-state index is 0.0463. The minimum Gasteiger partial charge on any atom is -0.386 e. The highest BCUT2D eigenvalue weighted by Crippen LogP contribution is 2.15. The highest BCUT2D eigenvalue weighted by atomic mass is 19.2. The zero-order chi connectivity index (χ0) is 12.4. The average Bonchev–Trinajstić information content (AvgIpc) is 2.73. The molecule has 0 atom stereocenters. The lowest BCUT2D eigenvalue weighted by Gasteiger charge is -2.04. The van der Waals surface area contributed by atoms with E-state index in [1.165, 1.54) is 4.68 Å². The van der Waals surface area contributed by atoms with Gasteiger partial charge in [-0.05, 0) is 6.07 Å². The van der Waals surface area contributed by atoms with Crippen LogP contribution in [0.3, 0.4) is 0 Å². The molecule has 0 bridgehead atoms. The fourth-order valence-corrected chi connectivity index (χ4v) is 1.44. The number of aromatic nitrogens is 2. The van der Waals surface area contributed by atoms with Crippen LogP contribution in [0.2, 0.25) is 0 Å². The normalized spacial score (nSPS) is 10.6. The second kappa shape index (κ2) is 4.48. The van der Waals surface area contributed by atoms with E-state index in [4.69, 9.17) is 0 Å². The second-order valence-corrected chi connectivity index (χ2v) is 3.53. The predicted molar refractivity (Wildman–Crippen MR) is 57.2 cm³/mol. The first-order valence-electron chi connectivity index (χ1n) is 4.94. The first kappa shape index (κ1) is 11.5. The van der Waals surface area contributed by atoms with Gasteiger partial charge in [0.2, 0.25) is 0 Å². The van der Waals surface area contributed by atoms with E-state index < -0.39 is 17.5 Å². The summed E-state index contributed by atoms with van der Waals surface area (Å²) in [6, 6.07) is 1.37. The molecule has 1 aromatic carbocycles. The van der Waals surface area contributed by atoms with E-state index in [2.05, 4.69) is 10.4 Å². The smallest absolute Gasteiger partial charge is 0.161 e. The van der Waals surface area contributed by atoms with Crippen LogP contribution in [0.5, 0.6) is 0 Å². The third kappa shape index (κ3) is 2.41. The Bertz CT molecular complexity index is 537. The number of anilines is 1. The highest BCUT2D eigenvalue weighted by Gasteiger charge is 2.10. The molecule has 1 aromatic heterocycles. The molecule has 0 aliphatic rings. The van der Waals surface area contributed by atoms with E-state index in [0.717, 1.165) is 11.8 Å². The lowest BCUT2D eigenvalue weighted by Crippen LogP contribution is -2.04. The summed E-state index contributed by atoms with van der Waals surface area (Å²) in [6.45, 7) is 0.0463. The molecule has 3 nitrogen and oxygen atoms in total. The van der Waals surface area contributed by atoms with Crippen molar-refractivity contribution in [3.05, 3.63) is 47.5 Å². The maximum absolute atomic E-state index is 13.3. The van der Waals surface area contributed by atoms with Crippen LogP contribution in [0, 0.1) is 17.5 Å². The first-order chi connectivity index (χ1) is 8.10. The topological polar surface area (TPSA) is 29.9 Å². The standard InChI is InChI=1S/C11H10F3N3/c1-15-8-4-16-17(6-8)5-7-2-10(13)11(14)3-9(7)12/h2-4,6,15H,5H2,1H3.